The summed E-state index contributed by atoms with van der Waals surface area (Å²) in [6, 6.07) is 7.04. The summed E-state index contributed by atoms with van der Waals surface area (Å²) in [5.41, 5.74) is 3.30. The van der Waals surface area contributed by atoms with Crippen LogP contribution in [0.1, 0.15) is 123 Å². The fourth-order valence-electron chi connectivity index (χ4n) is 6.44. The van der Waals surface area contributed by atoms with Gasteiger partial charge in [0.05, 0.1) is 6.61 Å². The van der Waals surface area contributed by atoms with Crippen molar-refractivity contribution in [2.45, 2.75) is 123 Å². The highest BCUT2D eigenvalue weighted by atomic mass is 16.5. The minimum Gasteiger partial charge on any atom is -0.494 e. The summed E-state index contributed by atoms with van der Waals surface area (Å²) < 4.78 is 6.22. The van der Waals surface area contributed by atoms with Crippen molar-refractivity contribution in [3.8, 4) is 5.75 Å². The largest absolute Gasteiger partial charge is 0.494 e. The Balaban J connectivity index is 1.79. The van der Waals surface area contributed by atoms with E-state index in [4.69, 9.17) is 4.74 Å². The van der Waals surface area contributed by atoms with E-state index in [0.717, 1.165) is 30.1 Å². The van der Waals surface area contributed by atoms with Crippen molar-refractivity contribution >= 4 is 5.69 Å². The molecule has 0 spiro atoms. The SMILES string of the molecule is CCCCCCCOc1ccc2c(c1)N(C)C(C)(CCCCC)C1CCC(CC)CC21. The summed E-state index contributed by atoms with van der Waals surface area (Å²) in [4.78, 5) is 2.65. The lowest BCUT2D eigenvalue weighted by molar-refractivity contribution is 0.128. The van der Waals surface area contributed by atoms with Crippen LogP contribution >= 0.6 is 0 Å². The van der Waals surface area contributed by atoms with Gasteiger partial charge in [-0.2, -0.15) is 0 Å². The molecule has 2 aliphatic rings. The molecule has 176 valence electrons. The standard InChI is InChI=1S/C29H49NO/c1-6-9-11-12-14-20-31-24-16-17-25-26-21-23(8-3)15-18-27(26)29(4,19-13-10-7-2)30(5)28(25)22-24/h16-17,22-23,26-27H,6-15,18-21H2,1-5H3. The Morgan fingerprint density at radius 2 is 1.71 bits per heavy atom. The molecular formula is C29H49NO. The van der Waals surface area contributed by atoms with Gasteiger partial charge in [-0.25, -0.2) is 0 Å². The van der Waals surface area contributed by atoms with Gasteiger partial charge in [0.2, 0.25) is 0 Å². The predicted molar refractivity (Wildman–Crippen MR) is 136 cm³/mol. The van der Waals surface area contributed by atoms with Crippen molar-refractivity contribution in [2.24, 2.45) is 11.8 Å². The van der Waals surface area contributed by atoms with Crippen molar-refractivity contribution < 1.29 is 4.74 Å². The van der Waals surface area contributed by atoms with E-state index < -0.39 is 0 Å². The van der Waals surface area contributed by atoms with E-state index in [1.165, 1.54) is 89.2 Å². The maximum Gasteiger partial charge on any atom is 0.121 e. The first-order chi connectivity index (χ1) is 15.0. The number of ether oxygens (including phenoxy) is 1. The molecule has 3 rings (SSSR count). The molecular weight excluding hydrogens is 378 g/mol. The second-order valence-corrected chi connectivity index (χ2v) is 10.7. The molecule has 2 heteroatoms. The molecule has 31 heavy (non-hydrogen) atoms. The van der Waals surface area contributed by atoms with Gasteiger partial charge < -0.3 is 9.64 Å². The zero-order valence-corrected chi connectivity index (χ0v) is 21.2. The Labute approximate surface area is 193 Å². The van der Waals surface area contributed by atoms with Crippen LogP contribution in [-0.4, -0.2) is 19.2 Å². The lowest BCUT2D eigenvalue weighted by Crippen LogP contribution is -2.56. The van der Waals surface area contributed by atoms with Gasteiger partial charge in [-0.1, -0.05) is 84.6 Å². The third kappa shape index (κ3) is 5.60. The van der Waals surface area contributed by atoms with Crippen molar-refractivity contribution in [2.75, 3.05) is 18.6 Å². The van der Waals surface area contributed by atoms with Gasteiger partial charge in [-0.15, -0.1) is 0 Å². The van der Waals surface area contributed by atoms with Crippen LogP contribution in [0.25, 0.3) is 0 Å². The number of fused-ring (bicyclic) bond motifs is 3. The summed E-state index contributed by atoms with van der Waals surface area (Å²) >= 11 is 0. The molecule has 0 amide bonds. The summed E-state index contributed by atoms with van der Waals surface area (Å²) in [6.07, 6.45) is 17.3. The molecule has 0 bridgehead atoms. The number of anilines is 1. The maximum atomic E-state index is 6.22. The molecule has 1 heterocycles. The minimum atomic E-state index is 0.268. The fraction of sp³-hybridized carbons (Fsp3) is 0.793. The zero-order valence-electron chi connectivity index (χ0n) is 21.2. The summed E-state index contributed by atoms with van der Waals surface area (Å²) in [5, 5.41) is 0. The third-order valence-corrected chi connectivity index (χ3v) is 8.67. The molecule has 1 aromatic carbocycles. The molecule has 1 fully saturated rings. The van der Waals surface area contributed by atoms with Gasteiger partial charge in [0.25, 0.3) is 0 Å². The molecule has 2 nitrogen and oxygen atoms in total. The molecule has 0 aromatic heterocycles. The smallest absolute Gasteiger partial charge is 0.121 e. The predicted octanol–water partition coefficient (Wildman–Crippen LogP) is 8.73. The van der Waals surface area contributed by atoms with E-state index in [2.05, 4.69) is 57.8 Å². The van der Waals surface area contributed by atoms with E-state index >= 15 is 0 Å². The van der Waals surface area contributed by atoms with E-state index in [1.807, 2.05) is 0 Å². The molecule has 4 unspecified atom stereocenters. The quantitative estimate of drug-likeness (QED) is 0.309. The van der Waals surface area contributed by atoms with Gasteiger partial charge in [0.1, 0.15) is 5.75 Å². The number of nitrogens with zero attached hydrogens (tertiary/aromatic N) is 1. The number of hydrogen-bond donors (Lipinski definition) is 0. The average Bonchev–Trinajstić information content (AvgIpc) is 2.79. The topological polar surface area (TPSA) is 12.5 Å². The molecule has 0 radical (unpaired) electrons. The van der Waals surface area contributed by atoms with E-state index in [9.17, 15) is 0 Å². The lowest BCUT2D eigenvalue weighted by Gasteiger charge is -2.56. The van der Waals surface area contributed by atoms with Crippen molar-refractivity contribution in [3.05, 3.63) is 23.8 Å². The van der Waals surface area contributed by atoms with Crippen LogP contribution in [0.3, 0.4) is 0 Å². The van der Waals surface area contributed by atoms with Gasteiger partial charge in [-0.3, -0.25) is 0 Å². The minimum absolute atomic E-state index is 0.268. The molecule has 0 saturated heterocycles. The summed E-state index contributed by atoms with van der Waals surface area (Å²) in [6.45, 7) is 10.4. The second-order valence-electron chi connectivity index (χ2n) is 10.7. The zero-order chi connectivity index (χ0) is 22.3. The lowest BCUT2D eigenvalue weighted by atomic mass is 9.59. The fourth-order valence-corrected chi connectivity index (χ4v) is 6.44. The molecule has 1 aromatic rings. The van der Waals surface area contributed by atoms with Crippen molar-refractivity contribution in [1.82, 2.24) is 0 Å². The van der Waals surface area contributed by atoms with Crippen LogP contribution < -0.4 is 9.64 Å². The first-order valence-electron chi connectivity index (χ1n) is 13.6. The molecule has 1 aliphatic carbocycles. The molecule has 4 atom stereocenters. The van der Waals surface area contributed by atoms with Gasteiger partial charge in [0, 0.05) is 24.3 Å². The van der Waals surface area contributed by atoms with Gasteiger partial charge in [-0.05, 0) is 62.0 Å². The van der Waals surface area contributed by atoms with Gasteiger partial charge in [0.15, 0.2) is 0 Å². The molecule has 0 N–H and O–H groups in total. The van der Waals surface area contributed by atoms with Crippen LogP contribution in [0.15, 0.2) is 18.2 Å². The van der Waals surface area contributed by atoms with Crippen LogP contribution in [0.4, 0.5) is 5.69 Å². The van der Waals surface area contributed by atoms with Crippen LogP contribution in [0, 0.1) is 11.8 Å². The Morgan fingerprint density at radius 3 is 2.45 bits per heavy atom. The average molecular weight is 428 g/mol. The Kier molecular flexibility index (Phi) is 9.17. The van der Waals surface area contributed by atoms with E-state index in [1.54, 1.807) is 5.56 Å². The highest BCUT2D eigenvalue weighted by Gasteiger charge is 2.49. The van der Waals surface area contributed by atoms with Crippen LogP contribution in [-0.2, 0) is 0 Å². The first-order valence-corrected chi connectivity index (χ1v) is 13.6. The third-order valence-electron chi connectivity index (χ3n) is 8.67. The van der Waals surface area contributed by atoms with Gasteiger partial charge >= 0.3 is 0 Å². The highest BCUT2D eigenvalue weighted by molar-refractivity contribution is 5.63. The van der Waals surface area contributed by atoms with Crippen LogP contribution in [0.5, 0.6) is 5.75 Å². The Hall–Kier alpha value is -1.18. The van der Waals surface area contributed by atoms with Crippen molar-refractivity contribution in [1.29, 1.82) is 0 Å². The maximum absolute atomic E-state index is 6.22. The number of benzene rings is 1. The highest BCUT2D eigenvalue weighted by Crippen LogP contribution is 2.56. The number of rotatable bonds is 12. The number of unbranched alkanes of at least 4 members (excludes halogenated alkanes) is 6. The van der Waals surface area contributed by atoms with Crippen LogP contribution in [0.2, 0.25) is 0 Å². The molecule has 1 saturated carbocycles. The first kappa shape index (κ1) is 24.5. The monoisotopic (exact) mass is 427 g/mol. The van der Waals surface area contributed by atoms with E-state index in [-0.39, 0.29) is 5.54 Å². The van der Waals surface area contributed by atoms with E-state index in [0.29, 0.717) is 0 Å². The Bertz CT molecular complexity index is 671. The Morgan fingerprint density at radius 1 is 0.968 bits per heavy atom. The summed E-state index contributed by atoms with van der Waals surface area (Å²) in [7, 11) is 2.36. The normalized spacial score (nSPS) is 27.6. The van der Waals surface area contributed by atoms with Crippen molar-refractivity contribution in [3.63, 3.8) is 0 Å². The second kappa shape index (κ2) is 11.6. The summed E-state index contributed by atoms with van der Waals surface area (Å²) in [5.74, 6) is 3.48. The number of hydrogen-bond acceptors (Lipinski definition) is 2. The molecule has 1 aliphatic heterocycles.